The predicted octanol–water partition coefficient (Wildman–Crippen LogP) is 4.19. The second kappa shape index (κ2) is 5.78. The zero-order valence-corrected chi connectivity index (χ0v) is 11.7. The Morgan fingerprint density at radius 3 is 2.53 bits per heavy atom. The Hall–Kier alpha value is -1.29. The van der Waals surface area contributed by atoms with Crippen molar-refractivity contribution >= 4 is 23.2 Å². The maximum atomic E-state index is 13.7. The summed E-state index contributed by atoms with van der Waals surface area (Å²) in [4.78, 5) is 0. The van der Waals surface area contributed by atoms with Crippen LogP contribution in [0, 0.1) is 5.82 Å². The van der Waals surface area contributed by atoms with Crippen LogP contribution in [0.15, 0.2) is 36.4 Å². The summed E-state index contributed by atoms with van der Waals surface area (Å²) >= 11 is 12.0. The number of nitrogens with two attached hydrogens (primary N) is 1. The molecule has 1 atom stereocenters. The third kappa shape index (κ3) is 3.00. The van der Waals surface area contributed by atoms with E-state index in [0.717, 1.165) is 0 Å². The van der Waals surface area contributed by atoms with Crippen molar-refractivity contribution in [2.75, 3.05) is 7.11 Å². The lowest BCUT2D eigenvalue weighted by Gasteiger charge is -2.15. The Labute approximate surface area is 120 Å². The van der Waals surface area contributed by atoms with E-state index >= 15 is 0 Å². The van der Waals surface area contributed by atoms with Gasteiger partial charge in [0.05, 0.1) is 13.2 Å². The topological polar surface area (TPSA) is 35.2 Å². The number of benzene rings is 2. The molecule has 0 saturated carbocycles. The van der Waals surface area contributed by atoms with Crippen LogP contribution in [0.3, 0.4) is 0 Å². The van der Waals surface area contributed by atoms with Crippen LogP contribution in [0.5, 0.6) is 5.75 Å². The number of hydrogen-bond acceptors (Lipinski definition) is 2. The first-order valence-corrected chi connectivity index (χ1v) is 6.32. The molecule has 0 saturated heterocycles. The van der Waals surface area contributed by atoms with Crippen LogP contribution in [0.4, 0.5) is 4.39 Å². The molecule has 2 nitrogen and oxygen atoms in total. The molecule has 2 rings (SSSR count). The van der Waals surface area contributed by atoms with E-state index < -0.39 is 11.9 Å². The van der Waals surface area contributed by atoms with Gasteiger partial charge in [-0.1, -0.05) is 29.3 Å². The van der Waals surface area contributed by atoms with Gasteiger partial charge in [-0.15, -0.1) is 0 Å². The van der Waals surface area contributed by atoms with Gasteiger partial charge in [0.25, 0.3) is 0 Å². The maximum Gasteiger partial charge on any atom is 0.165 e. The molecule has 0 bridgehead atoms. The van der Waals surface area contributed by atoms with Gasteiger partial charge in [-0.25, -0.2) is 4.39 Å². The first kappa shape index (κ1) is 14.1. The van der Waals surface area contributed by atoms with E-state index in [4.69, 9.17) is 33.7 Å². The molecular formula is C14H12Cl2FNO. The van der Waals surface area contributed by atoms with Crippen molar-refractivity contribution in [3.05, 3.63) is 63.4 Å². The third-order valence-electron chi connectivity index (χ3n) is 2.83. The fourth-order valence-corrected chi connectivity index (χ4v) is 2.22. The minimum Gasteiger partial charge on any atom is -0.494 e. The minimum atomic E-state index is -0.549. The summed E-state index contributed by atoms with van der Waals surface area (Å²) in [6, 6.07) is 9.03. The molecule has 0 heterocycles. The zero-order chi connectivity index (χ0) is 14.0. The van der Waals surface area contributed by atoms with Crippen LogP contribution >= 0.6 is 23.2 Å². The summed E-state index contributed by atoms with van der Waals surface area (Å²) in [5.41, 5.74) is 7.35. The molecule has 0 aliphatic carbocycles. The zero-order valence-electron chi connectivity index (χ0n) is 10.2. The Morgan fingerprint density at radius 2 is 1.89 bits per heavy atom. The molecule has 1 unspecified atom stereocenters. The molecule has 0 fully saturated rings. The second-order valence-electron chi connectivity index (χ2n) is 4.04. The average Bonchev–Trinajstić information content (AvgIpc) is 2.40. The quantitative estimate of drug-likeness (QED) is 0.922. The average molecular weight is 300 g/mol. The van der Waals surface area contributed by atoms with E-state index in [0.29, 0.717) is 21.2 Å². The van der Waals surface area contributed by atoms with Gasteiger partial charge in [-0.3, -0.25) is 0 Å². The summed E-state index contributed by atoms with van der Waals surface area (Å²) in [7, 11) is 1.41. The highest BCUT2D eigenvalue weighted by atomic mass is 35.5. The molecule has 19 heavy (non-hydrogen) atoms. The third-order valence-corrected chi connectivity index (χ3v) is 3.41. The van der Waals surface area contributed by atoms with Crippen LogP contribution in [0.1, 0.15) is 17.2 Å². The van der Waals surface area contributed by atoms with E-state index in [1.807, 2.05) is 0 Å². The molecule has 2 aromatic rings. The molecule has 0 radical (unpaired) electrons. The molecular weight excluding hydrogens is 288 g/mol. The SMILES string of the molecule is COc1ccc(C(N)c2cc(Cl)ccc2Cl)cc1F. The fraction of sp³-hybridized carbons (Fsp3) is 0.143. The highest BCUT2D eigenvalue weighted by Crippen LogP contribution is 2.30. The van der Waals surface area contributed by atoms with Gasteiger partial charge in [0, 0.05) is 10.0 Å². The normalized spacial score (nSPS) is 12.3. The van der Waals surface area contributed by atoms with Gasteiger partial charge >= 0.3 is 0 Å². The van der Waals surface area contributed by atoms with Gasteiger partial charge in [0.2, 0.25) is 0 Å². The van der Waals surface area contributed by atoms with Crippen LogP contribution in [0.2, 0.25) is 10.0 Å². The smallest absolute Gasteiger partial charge is 0.165 e. The molecule has 0 aromatic heterocycles. The summed E-state index contributed by atoms with van der Waals surface area (Å²) in [5, 5.41) is 1.02. The Balaban J connectivity index is 2.41. The van der Waals surface area contributed by atoms with Gasteiger partial charge in [0.1, 0.15) is 0 Å². The highest BCUT2D eigenvalue weighted by Gasteiger charge is 2.15. The number of rotatable bonds is 3. The molecule has 5 heteroatoms. The first-order chi connectivity index (χ1) is 9.02. The van der Waals surface area contributed by atoms with Crippen molar-refractivity contribution in [1.82, 2.24) is 0 Å². The maximum absolute atomic E-state index is 13.7. The van der Waals surface area contributed by atoms with Gasteiger partial charge in [-0.2, -0.15) is 0 Å². The van der Waals surface area contributed by atoms with Crippen molar-refractivity contribution < 1.29 is 9.13 Å². The first-order valence-electron chi connectivity index (χ1n) is 5.57. The van der Waals surface area contributed by atoms with E-state index in [1.165, 1.54) is 19.2 Å². The summed E-state index contributed by atoms with van der Waals surface area (Å²) < 4.78 is 18.5. The van der Waals surface area contributed by atoms with Crippen molar-refractivity contribution in [3.63, 3.8) is 0 Å². The Morgan fingerprint density at radius 1 is 1.16 bits per heavy atom. The lowest BCUT2D eigenvalue weighted by Crippen LogP contribution is -2.12. The molecule has 100 valence electrons. The predicted molar refractivity (Wildman–Crippen MR) is 75.4 cm³/mol. The Kier molecular flexibility index (Phi) is 4.30. The monoisotopic (exact) mass is 299 g/mol. The molecule has 2 aromatic carbocycles. The summed E-state index contributed by atoms with van der Waals surface area (Å²) in [5.74, 6) is -0.290. The number of ether oxygens (including phenoxy) is 1. The number of hydrogen-bond donors (Lipinski definition) is 1. The van der Waals surface area contributed by atoms with Crippen molar-refractivity contribution in [2.45, 2.75) is 6.04 Å². The van der Waals surface area contributed by atoms with Crippen LogP contribution in [-0.2, 0) is 0 Å². The standard InChI is InChI=1S/C14H12Cl2FNO/c1-19-13-5-2-8(6-12(13)17)14(18)10-7-9(15)3-4-11(10)16/h2-7,14H,18H2,1H3. The van der Waals surface area contributed by atoms with E-state index in [-0.39, 0.29) is 5.75 Å². The fourth-order valence-electron chi connectivity index (χ4n) is 1.81. The van der Waals surface area contributed by atoms with E-state index in [1.54, 1.807) is 24.3 Å². The van der Waals surface area contributed by atoms with Crippen molar-refractivity contribution in [2.24, 2.45) is 5.73 Å². The van der Waals surface area contributed by atoms with E-state index in [2.05, 4.69) is 0 Å². The van der Waals surface area contributed by atoms with Crippen LogP contribution in [-0.4, -0.2) is 7.11 Å². The largest absolute Gasteiger partial charge is 0.494 e. The molecule has 0 aliphatic rings. The number of halogens is 3. The molecule has 0 spiro atoms. The Bertz CT molecular complexity index is 604. The van der Waals surface area contributed by atoms with Crippen molar-refractivity contribution in [3.8, 4) is 5.75 Å². The second-order valence-corrected chi connectivity index (χ2v) is 4.88. The minimum absolute atomic E-state index is 0.174. The van der Waals surface area contributed by atoms with Crippen LogP contribution in [0.25, 0.3) is 0 Å². The lowest BCUT2D eigenvalue weighted by molar-refractivity contribution is 0.386. The van der Waals surface area contributed by atoms with E-state index in [9.17, 15) is 4.39 Å². The van der Waals surface area contributed by atoms with Gasteiger partial charge < -0.3 is 10.5 Å². The molecule has 2 N–H and O–H groups in total. The molecule has 0 amide bonds. The lowest BCUT2D eigenvalue weighted by atomic mass is 9.99. The van der Waals surface area contributed by atoms with Gasteiger partial charge in [-0.05, 0) is 41.5 Å². The summed E-state index contributed by atoms with van der Waals surface area (Å²) in [6.45, 7) is 0. The van der Waals surface area contributed by atoms with Gasteiger partial charge in [0.15, 0.2) is 11.6 Å². The summed E-state index contributed by atoms with van der Waals surface area (Å²) in [6.07, 6.45) is 0. The van der Waals surface area contributed by atoms with Crippen LogP contribution < -0.4 is 10.5 Å². The van der Waals surface area contributed by atoms with Crippen molar-refractivity contribution in [1.29, 1.82) is 0 Å². The highest BCUT2D eigenvalue weighted by molar-refractivity contribution is 6.33. The number of methoxy groups -OCH3 is 1. The molecule has 0 aliphatic heterocycles.